The largest absolute Gasteiger partial charge is 0.332 e. The van der Waals surface area contributed by atoms with Crippen molar-refractivity contribution in [1.82, 2.24) is 10.2 Å². The number of nitrogens with one attached hydrogen (secondary N) is 1. The first-order valence-corrected chi connectivity index (χ1v) is 7.78. The van der Waals surface area contributed by atoms with E-state index in [1.807, 2.05) is 11.0 Å². The first-order valence-electron chi connectivity index (χ1n) is 6.65. The SMILES string of the molecule is O=C(N[C@H](N1CCCCC1)C(Cl)(Cl)Cl)c1ccccc1. The summed E-state index contributed by atoms with van der Waals surface area (Å²) in [6, 6.07) is 8.94. The highest BCUT2D eigenvalue weighted by molar-refractivity contribution is 6.68. The summed E-state index contributed by atoms with van der Waals surface area (Å²) in [5.41, 5.74) is 0.559. The monoisotopic (exact) mass is 334 g/mol. The molecule has 1 fully saturated rings. The summed E-state index contributed by atoms with van der Waals surface area (Å²) in [6.45, 7) is 1.65. The average molecular weight is 336 g/mol. The molecule has 1 amide bonds. The Labute approximate surface area is 134 Å². The van der Waals surface area contributed by atoms with E-state index >= 15 is 0 Å². The molecule has 3 nitrogen and oxygen atoms in total. The van der Waals surface area contributed by atoms with Crippen LogP contribution in [0.2, 0.25) is 0 Å². The first-order chi connectivity index (χ1) is 9.48. The van der Waals surface area contributed by atoms with Crippen molar-refractivity contribution in [2.24, 2.45) is 0 Å². The third-order valence-corrected chi connectivity index (χ3v) is 3.99. The van der Waals surface area contributed by atoms with Crippen LogP contribution in [0.3, 0.4) is 0 Å². The van der Waals surface area contributed by atoms with Gasteiger partial charge in [-0.15, -0.1) is 0 Å². The van der Waals surface area contributed by atoms with Crippen LogP contribution in [0.15, 0.2) is 30.3 Å². The molecule has 0 aromatic heterocycles. The molecule has 1 aromatic carbocycles. The van der Waals surface area contributed by atoms with Crippen molar-refractivity contribution < 1.29 is 4.79 Å². The maximum Gasteiger partial charge on any atom is 0.252 e. The molecule has 1 N–H and O–H groups in total. The van der Waals surface area contributed by atoms with Gasteiger partial charge in [0, 0.05) is 18.7 Å². The van der Waals surface area contributed by atoms with E-state index in [9.17, 15) is 4.79 Å². The number of hydrogen-bond donors (Lipinski definition) is 1. The number of nitrogens with zero attached hydrogens (tertiary/aromatic N) is 1. The van der Waals surface area contributed by atoms with E-state index in [2.05, 4.69) is 5.32 Å². The lowest BCUT2D eigenvalue weighted by molar-refractivity contribution is 0.0819. The lowest BCUT2D eigenvalue weighted by atomic mass is 10.1. The minimum absolute atomic E-state index is 0.229. The predicted molar refractivity (Wildman–Crippen MR) is 83.4 cm³/mol. The van der Waals surface area contributed by atoms with E-state index in [0.29, 0.717) is 5.56 Å². The molecule has 1 aliphatic rings. The Kier molecular flexibility index (Phi) is 5.56. The van der Waals surface area contributed by atoms with Crippen LogP contribution in [0.4, 0.5) is 0 Å². The Bertz CT molecular complexity index is 441. The number of carbonyl (C=O) groups excluding carboxylic acids is 1. The van der Waals surface area contributed by atoms with Crippen LogP contribution in [0.1, 0.15) is 29.6 Å². The minimum Gasteiger partial charge on any atom is -0.332 e. The van der Waals surface area contributed by atoms with Gasteiger partial charge in [-0.05, 0) is 25.0 Å². The van der Waals surface area contributed by atoms with Crippen molar-refractivity contribution in [3.05, 3.63) is 35.9 Å². The third kappa shape index (κ3) is 4.26. The summed E-state index contributed by atoms with van der Waals surface area (Å²) in [6.07, 6.45) is 2.67. The lowest BCUT2D eigenvalue weighted by Gasteiger charge is -2.38. The van der Waals surface area contributed by atoms with Crippen LogP contribution in [-0.4, -0.2) is 33.9 Å². The molecular formula is C14H17Cl3N2O. The number of halogens is 3. The van der Waals surface area contributed by atoms with Gasteiger partial charge < -0.3 is 5.32 Å². The average Bonchev–Trinajstić information content (AvgIpc) is 2.45. The fraction of sp³-hybridized carbons (Fsp3) is 0.500. The van der Waals surface area contributed by atoms with Crippen molar-refractivity contribution in [3.63, 3.8) is 0 Å². The summed E-state index contributed by atoms with van der Waals surface area (Å²) in [7, 11) is 0. The lowest BCUT2D eigenvalue weighted by Crippen LogP contribution is -2.56. The second-order valence-electron chi connectivity index (χ2n) is 4.88. The zero-order valence-electron chi connectivity index (χ0n) is 11.0. The molecular weight excluding hydrogens is 319 g/mol. The smallest absolute Gasteiger partial charge is 0.252 e. The van der Waals surface area contributed by atoms with Crippen LogP contribution in [0.25, 0.3) is 0 Å². The van der Waals surface area contributed by atoms with Crippen molar-refractivity contribution in [1.29, 1.82) is 0 Å². The van der Waals surface area contributed by atoms with Gasteiger partial charge in [0.2, 0.25) is 3.79 Å². The normalized spacial score (nSPS) is 18.6. The molecule has 1 atom stereocenters. The summed E-state index contributed by atoms with van der Waals surface area (Å²) >= 11 is 18.1. The van der Waals surface area contributed by atoms with Gasteiger partial charge in [-0.25, -0.2) is 0 Å². The summed E-state index contributed by atoms with van der Waals surface area (Å²) < 4.78 is -1.55. The first kappa shape index (κ1) is 15.9. The molecule has 0 radical (unpaired) electrons. The second kappa shape index (κ2) is 6.99. The maximum absolute atomic E-state index is 12.2. The standard InChI is InChI=1S/C14H17Cl3N2O/c15-14(16,17)13(19-9-5-2-6-10-19)18-12(20)11-7-3-1-4-8-11/h1,3-4,7-8,13H,2,5-6,9-10H2,(H,18,20)/t13-/m1/s1. The van der Waals surface area contributed by atoms with Gasteiger partial charge in [-0.3, -0.25) is 9.69 Å². The summed E-state index contributed by atoms with van der Waals surface area (Å²) in [5.74, 6) is -0.229. The zero-order valence-corrected chi connectivity index (χ0v) is 13.3. The van der Waals surface area contributed by atoms with Crippen molar-refractivity contribution >= 4 is 40.7 Å². The quantitative estimate of drug-likeness (QED) is 0.856. The highest BCUT2D eigenvalue weighted by Gasteiger charge is 2.38. The molecule has 1 aromatic rings. The highest BCUT2D eigenvalue weighted by atomic mass is 35.6. The third-order valence-electron chi connectivity index (χ3n) is 3.37. The maximum atomic E-state index is 12.2. The Hall–Kier alpha value is -0.480. The molecule has 1 aliphatic heterocycles. The van der Waals surface area contributed by atoms with Crippen molar-refractivity contribution in [2.45, 2.75) is 29.2 Å². The fourth-order valence-electron chi connectivity index (χ4n) is 2.35. The number of amides is 1. The van der Waals surface area contributed by atoms with E-state index in [-0.39, 0.29) is 5.91 Å². The number of alkyl halides is 3. The Morgan fingerprint density at radius 3 is 2.25 bits per heavy atom. The summed E-state index contributed by atoms with van der Waals surface area (Å²) in [4.78, 5) is 14.3. The van der Waals surface area contributed by atoms with Crippen LogP contribution < -0.4 is 5.32 Å². The number of piperidine rings is 1. The van der Waals surface area contributed by atoms with E-state index in [1.54, 1.807) is 24.3 Å². The second-order valence-corrected chi connectivity index (χ2v) is 7.25. The van der Waals surface area contributed by atoms with Crippen LogP contribution in [0, 0.1) is 0 Å². The van der Waals surface area contributed by atoms with E-state index in [4.69, 9.17) is 34.8 Å². The van der Waals surface area contributed by atoms with Crippen molar-refractivity contribution in [2.75, 3.05) is 13.1 Å². The molecule has 1 saturated heterocycles. The molecule has 6 heteroatoms. The number of rotatable bonds is 3. The molecule has 0 aliphatic carbocycles. The van der Waals surface area contributed by atoms with Gasteiger partial charge in [0.05, 0.1) is 0 Å². The number of hydrogen-bond acceptors (Lipinski definition) is 2. The molecule has 0 spiro atoms. The van der Waals surface area contributed by atoms with Gasteiger partial charge in [-0.1, -0.05) is 59.4 Å². The van der Waals surface area contributed by atoms with E-state index in [1.165, 1.54) is 6.42 Å². The topological polar surface area (TPSA) is 32.3 Å². The Balaban J connectivity index is 2.10. The summed E-state index contributed by atoms with van der Waals surface area (Å²) in [5, 5.41) is 2.83. The molecule has 0 bridgehead atoms. The zero-order chi connectivity index (χ0) is 14.6. The fourth-order valence-corrected chi connectivity index (χ4v) is 2.93. The van der Waals surface area contributed by atoms with Crippen LogP contribution >= 0.6 is 34.8 Å². The molecule has 0 saturated carbocycles. The Morgan fingerprint density at radius 2 is 1.70 bits per heavy atom. The molecule has 0 unspecified atom stereocenters. The van der Waals surface area contributed by atoms with Gasteiger partial charge in [0.25, 0.3) is 5.91 Å². The number of carbonyl (C=O) groups is 1. The van der Waals surface area contributed by atoms with Crippen molar-refractivity contribution in [3.8, 4) is 0 Å². The molecule has 20 heavy (non-hydrogen) atoms. The van der Waals surface area contributed by atoms with E-state index < -0.39 is 9.96 Å². The van der Waals surface area contributed by atoms with Gasteiger partial charge in [0.15, 0.2) is 0 Å². The van der Waals surface area contributed by atoms with Gasteiger partial charge in [-0.2, -0.15) is 0 Å². The molecule has 2 rings (SSSR count). The van der Waals surface area contributed by atoms with E-state index in [0.717, 1.165) is 25.9 Å². The number of benzene rings is 1. The van der Waals surface area contributed by atoms with Gasteiger partial charge >= 0.3 is 0 Å². The van der Waals surface area contributed by atoms with Crippen LogP contribution in [0.5, 0.6) is 0 Å². The van der Waals surface area contributed by atoms with Gasteiger partial charge in [0.1, 0.15) is 6.17 Å². The highest BCUT2D eigenvalue weighted by Crippen LogP contribution is 2.33. The molecule has 1 heterocycles. The molecule has 110 valence electrons. The predicted octanol–water partition coefficient (Wildman–Crippen LogP) is 3.60. The number of likely N-dealkylation sites (tertiary alicyclic amines) is 1. The van der Waals surface area contributed by atoms with Crippen LogP contribution in [-0.2, 0) is 0 Å². The Morgan fingerprint density at radius 1 is 1.10 bits per heavy atom. The minimum atomic E-state index is -1.55.